The minimum absolute atomic E-state index is 0.455. The molecule has 0 heterocycles. The summed E-state index contributed by atoms with van der Waals surface area (Å²) in [6.45, 7) is 3.98. The van der Waals surface area contributed by atoms with E-state index in [0.717, 1.165) is 17.2 Å². The first kappa shape index (κ1) is 12.9. The first-order chi connectivity index (χ1) is 8.54. The summed E-state index contributed by atoms with van der Waals surface area (Å²) in [5.41, 5.74) is 2.51. The number of nitriles is 1. The largest absolute Gasteiger partial charge is 0.389 e. The zero-order chi connectivity index (χ0) is 13.3. The molecule has 0 aliphatic heterocycles. The van der Waals surface area contributed by atoms with E-state index in [2.05, 4.69) is 17.9 Å². The average Bonchev–Trinajstić information content (AvgIpc) is 3.20. The lowest BCUT2D eigenvalue weighted by Crippen LogP contribution is -2.31. The maximum absolute atomic E-state index is 9.84. The summed E-state index contributed by atoms with van der Waals surface area (Å²) in [7, 11) is 2.05. The van der Waals surface area contributed by atoms with Gasteiger partial charge in [0.25, 0.3) is 0 Å². The van der Waals surface area contributed by atoms with E-state index >= 15 is 0 Å². The molecule has 1 aliphatic carbocycles. The van der Waals surface area contributed by atoms with E-state index in [9.17, 15) is 5.11 Å². The van der Waals surface area contributed by atoms with Crippen LogP contribution in [0.3, 0.4) is 0 Å². The molecule has 1 aromatic rings. The number of hydrogen-bond donors (Lipinski definition) is 1. The van der Waals surface area contributed by atoms with Gasteiger partial charge in [0.15, 0.2) is 0 Å². The van der Waals surface area contributed by atoms with Gasteiger partial charge in [0.05, 0.1) is 17.7 Å². The predicted molar refractivity (Wildman–Crippen MR) is 72.4 cm³/mol. The van der Waals surface area contributed by atoms with Gasteiger partial charge in [0, 0.05) is 24.3 Å². The number of aliphatic hydroxyl groups is 1. The van der Waals surface area contributed by atoms with Crippen molar-refractivity contribution in [1.82, 2.24) is 0 Å². The van der Waals surface area contributed by atoms with Crippen LogP contribution in [0.5, 0.6) is 0 Å². The molecule has 2 unspecified atom stereocenters. The van der Waals surface area contributed by atoms with Gasteiger partial charge in [-0.3, -0.25) is 0 Å². The molecule has 3 nitrogen and oxygen atoms in total. The third-order valence-electron chi connectivity index (χ3n) is 3.90. The topological polar surface area (TPSA) is 47.3 Å². The average molecular weight is 244 g/mol. The highest BCUT2D eigenvalue weighted by Gasteiger charge is 2.31. The smallest absolute Gasteiger partial charge is 0.0992 e. The van der Waals surface area contributed by atoms with Crippen LogP contribution in [0.15, 0.2) is 18.2 Å². The van der Waals surface area contributed by atoms with E-state index in [-0.39, 0.29) is 0 Å². The Morgan fingerprint density at radius 2 is 2.06 bits per heavy atom. The van der Waals surface area contributed by atoms with Crippen molar-refractivity contribution >= 4 is 5.69 Å². The number of rotatable bonds is 4. The highest BCUT2D eigenvalue weighted by molar-refractivity contribution is 5.58. The summed E-state index contributed by atoms with van der Waals surface area (Å²) in [6.07, 6.45) is 2.06. The molecule has 3 heteroatoms. The lowest BCUT2D eigenvalue weighted by Gasteiger charge is -2.30. The minimum Gasteiger partial charge on any atom is -0.389 e. The standard InChI is InChI=1S/C15H20N2O/c1-10(13-5-6-13)17(3)15-8-12(9-16)4-7-14(15)11(2)18/h4,7-8,10-11,13,18H,5-6H2,1-3H3. The second-order valence-corrected chi connectivity index (χ2v) is 5.25. The predicted octanol–water partition coefficient (Wildman–Crippen LogP) is 2.85. The first-order valence-electron chi connectivity index (χ1n) is 6.49. The van der Waals surface area contributed by atoms with Crippen LogP contribution in [-0.4, -0.2) is 18.2 Å². The number of benzene rings is 1. The molecule has 1 fully saturated rings. The van der Waals surface area contributed by atoms with Gasteiger partial charge in [-0.2, -0.15) is 5.26 Å². The van der Waals surface area contributed by atoms with E-state index in [4.69, 9.17) is 5.26 Å². The molecule has 1 saturated carbocycles. The maximum Gasteiger partial charge on any atom is 0.0992 e. The van der Waals surface area contributed by atoms with Crippen LogP contribution in [0, 0.1) is 17.2 Å². The Kier molecular flexibility index (Phi) is 3.58. The second-order valence-electron chi connectivity index (χ2n) is 5.25. The third-order valence-corrected chi connectivity index (χ3v) is 3.90. The number of aliphatic hydroxyl groups excluding tert-OH is 1. The van der Waals surface area contributed by atoms with E-state index in [1.54, 1.807) is 13.0 Å². The summed E-state index contributed by atoms with van der Waals surface area (Å²) in [6, 6.07) is 8.12. The fraction of sp³-hybridized carbons (Fsp3) is 0.533. The number of nitrogens with zero attached hydrogens (tertiary/aromatic N) is 2. The van der Waals surface area contributed by atoms with E-state index < -0.39 is 6.10 Å². The third kappa shape index (κ3) is 2.49. The van der Waals surface area contributed by atoms with E-state index in [0.29, 0.717) is 11.6 Å². The molecule has 0 bridgehead atoms. The van der Waals surface area contributed by atoms with E-state index in [1.165, 1.54) is 12.8 Å². The van der Waals surface area contributed by atoms with Crippen molar-refractivity contribution in [2.75, 3.05) is 11.9 Å². The quantitative estimate of drug-likeness (QED) is 0.886. The minimum atomic E-state index is -0.512. The van der Waals surface area contributed by atoms with Crippen LogP contribution in [0.2, 0.25) is 0 Å². The summed E-state index contributed by atoms with van der Waals surface area (Å²) in [5.74, 6) is 0.752. The molecule has 0 amide bonds. The molecule has 0 spiro atoms. The molecular formula is C15H20N2O. The Balaban J connectivity index is 2.36. The zero-order valence-corrected chi connectivity index (χ0v) is 11.2. The molecule has 0 aromatic heterocycles. The van der Waals surface area contributed by atoms with Crippen molar-refractivity contribution in [2.24, 2.45) is 5.92 Å². The van der Waals surface area contributed by atoms with Crippen molar-refractivity contribution in [3.63, 3.8) is 0 Å². The molecule has 1 aromatic carbocycles. The van der Waals surface area contributed by atoms with Gasteiger partial charge in [-0.25, -0.2) is 0 Å². The van der Waals surface area contributed by atoms with Gasteiger partial charge >= 0.3 is 0 Å². The van der Waals surface area contributed by atoms with Crippen molar-refractivity contribution in [2.45, 2.75) is 38.8 Å². The molecular weight excluding hydrogens is 224 g/mol. The summed E-state index contributed by atoms with van der Waals surface area (Å²) < 4.78 is 0. The first-order valence-corrected chi connectivity index (χ1v) is 6.49. The lowest BCUT2D eigenvalue weighted by molar-refractivity contribution is 0.199. The van der Waals surface area contributed by atoms with Crippen LogP contribution < -0.4 is 4.90 Å². The number of anilines is 1. The van der Waals surface area contributed by atoms with Gasteiger partial charge in [-0.1, -0.05) is 6.07 Å². The van der Waals surface area contributed by atoms with Gasteiger partial charge in [0.1, 0.15) is 0 Å². The Labute approximate surface area is 109 Å². The molecule has 18 heavy (non-hydrogen) atoms. The second kappa shape index (κ2) is 4.99. The molecule has 0 radical (unpaired) electrons. The van der Waals surface area contributed by atoms with Crippen LogP contribution in [-0.2, 0) is 0 Å². The Hall–Kier alpha value is -1.53. The van der Waals surface area contributed by atoms with Crippen LogP contribution in [0.25, 0.3) is 0 Å². The fourth-order valence-corrected chi connectivity index (χ4v) is 2.39. The van der Waals surface area contributed by atoms with Crippen LogP contribution >= 0.6 is 0 Å². The highest BCUT2D eigenvalue weighted by Crippen LogP contribution is 2.38. The molecule has 0 saturated heterocycles. The van der Waals surface area contributed by atoms with Crippen molar-refractivity contribution in [3.8, 4) is 6.07 Å². The normalized spacial score (nSPS) is 17.9. The zero-order valence-electron chi connectivity index (χ0n) is 11.2. The van der Waals surface area contributed by atoms with Crippen LogP contribution in [0.1, 0.15) is 43.9 Å². The van der Waals surface area contributed by atoms with E-state index in [1.807, 2.05) is 19.2 Å². The fourth-order valence-electron chi connectivity index (χ4n) is 2.39. The van der Waals surface area contributed by atoms with Gasteiger partial charge in [0.2, 0.25) is 0 Å². The van der Waals surface area contributed by atoms with Gasteiger partial charge in [-0.15, -0.1) is 0 Å². The maximum atomic E-state index is 9.84. The lowest BCUT2D eigenvalue weighted by atomic mass is 10.0. The Morgan fingerprint density at radius 1 is 1.39 bits per heavy atom. The van der Waals surface area contributed by atoms with Gasteiger partial charge in [-0.05, 0) is 44.7 Å². The van der Waals surface area contributed by atoms with Crippen molar-refractivity contribution in [1.29, 1.82) is 5.26 Å². The molecule has 1 aliphatic rings. The molecule has 96 valence electrons. The Morgan fingerprint density at radius 3 is 2.56 bits per heavy atom. The monoisotopic (exact) mass is 244 g/mol. The van der Waals surface area contributed by atoms with Crippen LogP contribution in [0.4, 0.5) is 5.69 Å². The highest BCUT2D eigenvalue weighted by atomic mass is 16.3. The number of hydrogen-bond acceptors (Lipinski definition) is 3. The van der Waals surface area contributed by atoms with Crippen molar-refractivity contribution in [3.05, 3.63) is 29.3 Å². The summed E-state index contributed by atoms with van der Waals surface area (Å²) >= 11 is 0. The summed E-state index contributed by atoms with van der Waals surface area (Å²) in [5, 5.41) is 18.8. The van der Waals surface area contributed by atoms with Gasteiger partial charge < -0.3 is 10.0 Å². The molecule has 2 atom stereocenters. The molecule has 2 rings (SSSR count). The van der Waals surface area contributed by atoms with Crippen molar-refractivity contribution < 1.29 is 5.11 Å². The Bertz CT molecular complexity index is 472. The SMILES string of the molecule is CC(O)c1ccc(C#N)cc1N(C)C(C)C1CC1. The summed E-state index contributed by atoms with van der Waals surface area (Å²) in [4.78, 5) is 2.19. The molecule has 1 N–H and O–H groups in total.